The van der Waals surface area contributed by atoms with Crippen molar-refractivity contribution in [2.75, 3.05) is 18.5 Å². The molecule has 6 nitrogen and oxygen atoms in total. The van der Waals surface area contributed by atoms with Crippen LogP contribution in [0.2, 0.25) is 15.1 Å². The Hall–Kier alpha value is -2.84. The number of nitrogens with one attached hydrogen (secondary N) is 2. The van der Waals surface area contributed by atoms with Crippen LogP contribution in [0.1, 0.15) is 47.9 Å². The maximum absolute atomic E-state index is 14.2. The fraction of sp³-hybridized carbons (Fsp3) is 0.310. The van der Waals surface area contributed by atoms with Gasteiger partial charge >= 0.3 is 0 Å². The van der Waals surface area contributed by atoms with Gasteiger partial charge < -0.3 is 20.1 Å². The minimum absolute atomic E-state index is 0.0231. The molecule has 3 aliphatic heterocycles. The first-order valence-electron chi connectivity index (χ1n) is 12.7. The van der Waals surface area contributed by atoms with Crippen LogP contribution in [0.25, 0.3) is 0 Å². The Morgan fingerprint density at radius 2 is 1.69 bits per heavy atom. The van der Waals surface area contributed by atoms with E-state index >= 15 is 0 Å². The molecule has 2 amide bonds. The highest BCUT2D eigenvalue weighted by Crippen LogP contribution is 2.58. The van der Waals surface area contributed by atoms with Gasteiger partial charge in [0.2, 0.25) is 11.8 Å². The van der Waals surface area contributed by atoms with Gasteiger partial charge in [0.25, 0.3) is 0 Å². The highest BCUT2D eigenvalue weighted by atomic mass is 35.5. The lowest BCUT2D eigenvalue weighted by atomic mass is 9.59. The lowest BCUT2D eigenvalue weighted by Crippen LogP contribution is -2.57. The molecule has 2 saturated heterocycles. The summed E-state index contributed by atoms with van der Waals surface area (Å²) in [4.78, 5) is 27.5. The molecule has 2 fully saturated rings. The van der Waals surface area contributed by atoms with Gasteiger partial charge in [-0.2, -0.15) is 0 Å². The van der Waals surface area contributed by atoms with Crippen LogP contribution in [0.4, 0.5) is 10.1 Å². The van der Waals surface area contributed by atoms with Crippen LogP contribution in [-0.2, 0) is 19.7 Å². The lowest BCUT2D eigenvalue weighted by Gasteiger charge is -2.46. The molecule has 0 saturated carbocycles. The number of carbonyl (C=O) groups excluding carboxylic acids is 2. The van der Waals surface area contributed by atoms with Crippen molar-refractivity contribution in [1.82, 2.24) is 5.32 Å². The fourth-order valence-corrected chi connectivity index (χ4v) is 6.64. The van der Waals surface area contributed by atoms with Crippen molar-refractivity contribution in [3.8, 4) is 5.75 Å². The Morgan fingerprint density at radius 3 is 2.46 bits per heavy atom. The summed E-state index contributed by atoms with van der Waals surface area (Å²) in [6.45, 7) is 1.17. The Balaban J connectivity index is 1.58. The molecule has 0 unspecified atom stereocenters. The molecule has 6 rings (SSSR count). The van der Waals surface area contributed by atoms with E-state index in [2.05, 4.69) is 10.6 Å². The van der Waals surface area contributed by atoms with E-state index in [9.17, 15) is 14.0 Å². The van der Waals surface area contributed by atoms with Crippen molar-refractivity contribution in [2.45, 2.75) is 42.7 Å². The first kappa shape index (κ1) is 26.4. The van der Waals surface area contributed by atoms with Gasteiger partial charge in [-0.3, -0.25) is 9.59 Å². The number of halogens is 4. The lowest BCUT2D eigenvalue weighted by molar-refractivity contribution is -0.131. The molecule has 1 spiro atoms. The minimum atomic E-state index is -1.34. The van der Waals surface area contributed by atoms with Crippen LogP contribution in [-0.4, -0.2) is 31.1 Å². The van der Waals surface area contributed by atoms with Gasteiger partial charge in [-0.25, -0.2) is 4.39 Å². The van der Waals surface area contributed by atoms with Crippen molar-refractivity contribution in [2.24, 2.45) is 0 Å². The van der Waals surface area contributed by atoms with Gasteiger partial charge in [-0.1, -0.05) is 46.9 Å². The van der Waals surface area contributed by atoms with Gasteiger partial charge in [0.05, 0.1) is 24.3 Å². The van der Waals surface area contributed by atoms with Gasteiger partial charge in [-0.05, 0) is 53.6 Å². The van der Waals surface area contributed by atoms with E-state index in [1.807, 2.05) is 0 Å². The number of rotatable bonds is 4. The molecule has 39 heavy (non-hydrogen) atoms. The SMILES string of the molecule is O=C1C[C@@H](c2ccc(F)c(Cl)c2)[C@]2(C(=O)Nc3cc(Cl)ccc32)[C@H](c2cc(Cl)ccc2OC2CCOCC2)N1. The molecule has 3 aromatic rings. The third kappa shape index (κ3) is 4.55. The summed E-state index contributed by atoms with van der Waals surface area (Å²) in [5.74, 6) is -1.36. The summed E-state index contributed by atoms with van der Waals surface area (Å²) < 4.78 is 26.1. The maximum atomic E-state index is 14.2. The summed E-state index contributed by atoms with van der Waals surface area (Å²) in [5.41, 5.74) is 0.990. The molecule has 3 atom stereocenters. The third-order valence-corrected chi connectivity index (χ3v) is 8.60. The van der Waals surface area contributed by atoms with E-state index in [1.165, 1.54) is 12.1 Å². The number of piperidine rings is 1. The van der Waals surface area contributed by atoms with E-state index in [-0.39, 0.29) is 29.4 Å². The zero-order chi connectivity index (χ0) is 27.3. The number of amides is 2. The number of ether oxygens (including phenoxy) is 2. The Morgan fingerprint density at radius 1 is 0.949 bits per heavy atom. The molecule has 10 heteroatoms. The molecule has 0 aromatic heterocycles. The molecule has 3 aliphatic rings. The van der Waals surface area contributed by atoms with Crippen LogP contribution in [0.15, 0.2) is 54.6 Å². The smallest absolute Gasteiger partial charge is 0.238 e. The quantitative estimate of drug-likeness (QED) is 0.361. The van der Waals surface area contributed by atoms with Crippen molar-refractivity contribution < 1.29 is 23.5 Å². The average molecular weight is 590 g/mol. The van der Waals surface area contributed by atoms with Gasteiger partial charge in [-0.15, -0.1) is 0 Å². The second-order valence-electron chi connectivity index (χ2n) is 10.1. The van der Waals surface area contributed by atoms with Gasteiger partial charge in [0, 0.05) is 46.5 Å². The number of carbonyl (C=O) groups is 2. The van der Waals surface area contributed by atoms with Gasteiger partial charge in [0.1, 0.15) is 23.1 Å². The van der Waals surface area contributed by atoms with Gasteiger partial charge in [0.15, 0.2) is 0 Å². The summed E-state index contributed by atoms with van der Waals surface area (Å²) in [7, 11) is 0. The van der Waals surface area contributed by atoms with Crippen LogP contribution < -0.4 is 15.4 Å². The molecule has 3 aromatic carbocycles. The van der Waals surface area contributed by atoms with E-state index in [1.54, 1.807) is 42.5 Å². The highest BCUT2D eigenvalue weighted by Gasteiger charge is 2.61. The van der Waals surface area contributed by atoms with E-state index in [4.69, 9.17) is 44.3 Å². The summed E-state index contributed by atoms with van der Waals surface area (Å²) in [5, 5.41) is 6.85. The molecule has 2 N–H and O–H groups in total. The average Bonchev–Trinajstić information content (AvgIpc) is 3.19. The number of benzene rings is 3. The van der Waals surface area contributed by atoms with Crippen LogP contribution in [0, 0.1) is 5.82 Å². The van der Waals surface area contributed by atoms with Crippen LogP contribution >= 0.6 is 34.8 Å². The molecular formula is C29H24Cl3FN2O4. The van der Waals surface area contributed by atoms with Crippen molar-refractivity contribution in [3.63, 3.8) is 0 Å². The predicted molar refractivity (Wildman–Crippen MR) is 147 cm³/mol. The van der Waals surface area contributed by atoms with E-state index in [0.29, 0.717) is 64.2 Å². The van der Waals surface area contributed by atoms with Crippen molar-refractivity contribution in [1.29, 1.82) is 0 Å². The number of anilines is 1. The Kier molecular flexibility index (Phi) is 6.96. The Bertz CT molecular complexity index is 1480. The van der Waals surface area contributed by atoms with E-state index in [0.717, 1.165) is 0 Å². The topological polar surface area (TPSA) is 76.7 Å². The highest BCUT2D eigenvalue weighted by molar-refractivity contribution is 6.31. The van der Waals surface area contributed by atoms with Crippen molar-refractivity contribution in [3.05, 3.63) is 92.2 Å². The number of hydrogen-bond donors (Lipinski definition) is 2. The molecule has 3 heterocycles. The summed E-state index contributed by atoms with van der Waals surface area (Å²) >= 11 is 19.0. The maximum Gasteiger partial charge on any atom is 0.238 e. The molecule has 202 valence electrons. The third-order valence-electron chi connectivity index (χ3n) is 7.84. The number of hydrogen-bond acceptors (Lipinski definition) is 4. The second-order valence-corrected chi connectivity index (χ2v) is 11.3. The zero-order valence-corrected chi connectivity index (χ0v) is 22.9. The standard InChI is InChI=1S/C29H24Cl3FN2O4/c30-16-3-6-25(39-18-7-9-38-10-8-18)19(12-16)27-29(20-4-2-17(31)13-24(20)34-28(29)37)21(14-26(36)35-27)15-1-5-23(33)22(32)11-15/h1-6,11-13,18,21,27H,7-10,14H2,(H,34,37)(H,35,36)/t21-,27-,29-/m0/s1. The van der Waals surface area contributed by atoms with Crippen LogP contribution in [0.5, 0.6) is 5.75 Å². The first-order valence-corrected chi connectivity index (χ1v) is 13.8. The largest absolute Gasteiger partial charge is 0.490 e. The van der Waals surface area contributed by atoms with Crippen molar-refractivity contribution >= 4 is 52.3 Å². The number of fused-ring (bicyclic) bond motifs is 2. The molecular weight excluding hydrogens is 566 g/mol. The predicted octanol–water partition coefficient (Wildman–Crippen LogP) is 6.58. The first-order chi connectivity index (χ1) is 18.8. The Labute approximate surface area is 239 Å². The second kappa shape index (κ2) is 10.3. The normalized spacial score (nSPS) is 24.8. The summed E-state index contributed by atoms with van der Waals surface area (Å²) in [6, 6.07) is 13.8. The fourth-order valence-electron chi connectivity index (χ4n) is 6.10. The van der Waals surface area contributed by atoms with Crippen LogP contribution in [0.3, 0.4) is 0 Å². The monoisotopic (exact) mass is 588 g/mol. The summed E-state index contributed by atoms with van der Waals surface area (Å²) in [6.07, 6.45) is 1.31. The molecule has 0 aliphatic carbocycles. The molecule has 0 radical (unpaired) electrons. The minimum Gasteiger partial charge on any atom is -0.490 e. The van der Waals surface area contributed by atoms with E-state index < -0.39 is 23.2 Å². The zero-order valence-electron chi connectivity index (χ0n) is 20.6. The molecule has 0 bridgehead atoms.